The van der Waals surface area contributed by atoms with Crippen LogP contribution in [0.5, 0.6) is 5.75 Å². The lowest BCUT2D eigenvalue weighted by Crippen LogP contribution is -1.91. The van der Waals surface area contributed by atoms with Gasteiger partial charge in [-0.05, 0) is 12.1 Å². The molecule has 0 aliphatic heterocycles. The molecule has 3 nitrogen and oxygen atoms in total. The summed E-state index contributed by atoms with van der Waals surface area (Å²) in [7, 11) is 1.44. The molecule has 0 saturated carbocycles. The standard InChI is InChI=1S/C7H7FO.C3H5FO2.CH3Cl/c1-9-7-5-3-2-4-6(7)8;1-2-3(5)6-4;1-2/h2-5H,1H3;2H2,1H3;1H3. The van der Waals surface area contributed by atoms with Crippen LogP contribution in [0, 0.1) is 5.82 Å². The van der Waals surface area contributed by atoms with Gasteiger partial charge >= 0.3 is 5.97 Å². The van der Waals surface area contributed by atoms with E-state index in [0.717, 1.165) is 0 Å². The van der Waals surface area contributed by atoms with Gasteiger partial charge in [0.15, 0.2) is 11.6 Å². The van der Waals surface area contributed by atoms with Crippen LogP contribution in [-0.4, -0.2) is 19.5 Å². The first kappa shape index (κ1) is 18.0. The summed E-state index contributed by atoms with van der Waals surface area (Å²) in [5, 5.41) is 0. The van der Waals surface area contributed by atoms with Gasteiger partial charge in [0.1, 0.15) is 0 Å². The van der Waals surface area contributed by atoms with Gasteiger partial charge in [-0.15, -0.1) is 11.6 Å². The largest absolute Gasteiger partial charge is 0.494 e. The van der Waals surface area contributed by atoms with Crippen molar-refractivity contribution in [2.45, 2.75) is 13.3 Å². The predicted octanol–water partition coefficient (Wildman–Crippen LogP) is 3.51. The molecule has 17 heavy (non-hydrogen) atoms. The van der Waals surface area contributed by atoms with E-state index in [2.05, 4.69) is 21.3 Å². The molecule has 0 heterocycles. The number of rotatable bonds is 2. The highest BCUT2D eigenvalue weighted by atomic mass is 35.5. The minimum atomic E-state index is -0.824. The van der Waals surface area contributed by atoms with E-state index in [4.69, 9.17) is 0 Å². The number of carbonyl (C=O) groups is 1. The summed E-state index contributed by atoms with van der Waals surface area (Å²) in [5.74, 6) is -0.854. The molecule has 0 fully saturated rings. The van der Waals surface area contributed by atoms with Crippen LogP contribution in [-0.2, 0) is 9.74 Å². The zero-order valence-electron chi connectivity index (χ0n) is 9.88. The lowest BCUT2D eigenvalue weighted by Gasteiger charge is -1.97. The highest BCUT2D eigenvalue weighted by Crippen LogP contribution is 2.13. The third-order valence-corrected chi connectivity index (χ3v) is 1.43. The maximum atomic E-state index is 12.5. The summed E-state index contributed by atoms with van der Waals surface area (Å²) in [5.41, 5.74) is 0. The third kappa shape index (κ3) is 9.56. The molecule has 1 aromatic carbocycles. The molecule has 0 amide bonds. The highest BCUT2D eigenvalue weighted by Gasteiger charge is 1.95. The zero-order chi connectivity index (χ0) is 13.7. The SMILES string of the molecule is CCC(=O)OF.CCl.COc1ccccc1F. The van der Waals surface area contributed by atoms with Crippen molar-refractivity contribution in [3.8, 4) is 5.75 Å². The third-order valence-electron chi connectivity index (χ3n) is 1.43. The van der Waals surface area contributed by atoms with Crippen molar-refractivity contribution in [2.75, 3.05) is 13.5 Å². The first-order valence-electron chi connectivity index (χ1n) is 4.63. The molecule has 0 atom stereocenters. The minimum absolute atomic E-state index is 0.0938. The molecule has 0 aromatic heterocycles. The summed E-state index contributed by atoms with van der Waals surface area (Å²) in [6.07, 6.45) is 1.57. The molecule has 0 N–H and O–H groups in total. The Balaban J connectivity index is 0. The van der Waals surface area contributed by atoms with Gasteiger partial charge in [-0.1, -0.05) is 19.1 Å². The van der Waals surface area contributed by atoms with Crippen LogP contribution in [0.1, 0.15) is 13.3 Å². The normalized spacial score (nSPS) is 7.88. The Morgan fingerprint density at radius 2 is 1.88 bits per heavy atom. The smallest absolute Gasteiger partial charge is 0.348 e. The van der Waals surface area contributed by atoms with E-state index in [9.17, 15) is 13.7 Å². The van der Waals surface area contributed by atoms with E-state index in [-0.39, 0.29) is 18.0 Å². The van der Waals surface area contributed by atoms with Crippen LogP contribution in [0.2, 0.25) is 0 Å². The molecular weight excluding hydrogens is 254 g/mol. The number of alkyl halides is 1. The van der Waals surface area contributed by atoms with Crippen LogP contribution in [0.4, 0.5) is 8.92 Å². The monoisotopic (exact) mass is 268 g/mol. The predicted molar refractivity (Wildman–Crippen MR) is 62.2 cm³/mol. The van der Waals surface area contributed by atoms with Gasteiger partial charge in [0.25, 0.3) is 0 Å². The molecular formula is C11H15ClF2O3. The number of methoxy groups -OCH3 is 1. The van der Waals surface area contributed by atoms with Gasteiger partial charge in [0.05, 0.1) is 7.11 Å². The molecule has 0 spiro atoms. The van der Waals surface area contributed by atoms with Crippen molar-refractivity contribution in [3.05, 3.63) is 30.1 Å². The number of hydrogen-bond donors (Lipinski definition) is 0. The van der Waals surface area contributed by atoms with Crippen LogP contribution in [0.25, 0.3) is 0 Å². The van der Waals surface area contributed by atoms with Gasteiger partial charge in [-0.3, -0.25) is 4.94 Å². The summed E-state index contributed by atoms with van der Waals surface area (Å²) in [6, 6.07) is 6.29. The first-order chi connectivity index (χ1) is 8.15. The van der Waals surface area contributed by atoms with Crippen LogP contribution in [0.3, 0.4) is 0 Å². The number of hydrogen-bond acceptors (Lipinski definition) is 3. The Bertz CT molecular complexity index is 303. The van der Waals surface area contributed by atoms with Crippen LogP contribution >= 0.6 is 11.6 Å². The minimum Gasteiger partial charge on any atom is -0.494 e. The van der Waals surface area contributed by atoms with Crippen molar-refractivity contribution in [1.29, 1.82) is 0 Å². The fraction of sp³-hybridized carbons (Fsp3) is 0.364. The van der Waals surface area contributed by atoms with E-state index in [1.54, 1.807) is 18.2 Å². The molecule has 0 aliphatic carbocycles. The Kier molecular flexibility index (Phi) is 13.5. The van der Waals surface area contributed by atoms with Crippen molar-refractivity contribution >= 4 is 17.6 Å². The summed E-state index contributed by atoms with van der Waals surface area (Å²) in [6.45, 7) is 1.52. The Morgan fingerprint density at radius 1 is 1.35 bits per heavy atom. The van der Waals surface area contributed by atoms with Crippen molar-refractivity contribution < 1.29 is 23.4 Å². The lowest BCUT2D eigenvalue weighted by atomic mass is 10.3. The topological polar surface area (TPSA) is 35.5 Å². The second-order valence-electron chi connectivity index (χ2n) is 2.44. The Hall–Kier alpha value is -1.36. The first-order valence-corrected chi connectivity index (χ1v) is 5.39. The van der Waals surface area contributed by atoms with Crippen molar-refractivity contribution in [2.24, 2.45) is 0 Å². The van der Waals surface area contributed by atoms with E-state index < -0.39 is 5.97 Å². The van der Waals surface area contributed by atoms with E-state index >= 15 is 0 Å². The van der Waals surface area contributed by atoms with E-state index in [1.165, 1.54) is 26.5 Å². The molecule has 6 heteroatoms. The second-order valence-corrected chi connectivity index (χ2v) is 2.44. The van der Waals surface area contributed by atoms with Gasteiger partial charge in [-0.2, -0.15) is 0 Å². The molecule has 98 valence electrons. The number of para-hydroxylation sites is 1. The second kappa shape index (κ2) is 12.7. The van der Waals surface area contributed by atoms with E-state index in [0.29, 0.717) is 0 Å². The summed E-state index contributed by atoms with van der Waals surface area (Å²) in [4.78, 5) is 12.3. The van der Waals surface area contributed by atoms with Crippen LogP contribution in [0.15, 0.2) is 24.3 Å². The molecule has 0 saturated heterocycles. The highest BCUT2D eigenvalue weighted by molar-refractivity contribution is 6.15. The van der Waals surface area contributed by atoms with Gasteiger partial charge < -0.3 is 4.74 Å². The Morgan fingerprint density at radius 3 is 2.12 bits per heavy atom. The maximum absolute atomic E-state index is 12.5. The quantitative estimate of drug-likeness (QED) is 0.770. The van der Waals surface area contributed by atoms with Crippen molar-refractivity contribution in [1.82, 2.24) is 0 Å². The maximum Gasteiger partial charge on any atom is 0.348 e. The molecule has 0 aliphatic rings. The number of carbonyl (C=O) groups excluding carboxylic acids is 1. The van der Waals surface area contributed by atoms with Crippen LogP contribution < -0.4 is 4.74 Å². The molecule has 0 bridgehead atoms. The number of ether oxygens (including phenoxy) is 1. The van der Waals surface area contributed by atoms with E-state index in [1.807, 2.05) is 0 Å². The fourth-order valence-electron chi connectivity index (χ4n) is 0.665. The molecule has 1 rings (SSSR count). The Labute approximate surface area is 104 Å². The summed E-state index contributed by atoms with van der Waals surface area (Å²) >= 11 is 4.64. The zero-order valence-corrected chi connectivity index (χ0v) is 10.6. The average molecular weight is 269 g/mol. The summed E-state index contributed by atoms with van der Waals surface area (Å²) < 4.78 is 27.7. The average Bonchev–Trinajstić information content (AvgIpc) is 2.41. The van der Waals surface area contributed by atoms with Gasteiger partial charge in [-0.25, -0.2) is 9.18 Å². The van der Waals surface area contributed by atoms with Gasteiger partial charge in [0, 0.05) is 17.3 Å². The number of halogens is 3. The molecule has 1 aromatic rings. The molecule has 0 unspecified atom stereocenters. The lowest BCUT2D eigenvalue weighted by molar-refractivity contribution is -0.183. The molecule has 0 radical (unpaired) electrons. The fourth-order valence-corrected chi connectivity index (χ4v) is 0.665. The van der Waals surface area contributed by atoms with Gasteiger partial charge in [0.2, 0.25) is 0 Å². The van der Waals surface area contributed by atoms with Crippen molar-refractivity contribution in [3.63, 3.8) is 0 Å². The number of benzene rings is 1.